The molecule has 4 atom stereocenters. The topological polar surface area (TPSA) is 71.1 Å². The van der Waals surface area contributed by atoms with Crippen molar-refractivity contribution in [2.75, 3.05) is 6.61 Å². The second-order valence-corrected chi connectivity index (χ2v) is 14.8. The molecule has 0 aromatic heterocycles. The standard InChI is InChI=1S/C11H12F2O.2C11H12O2.C11H14O/c1-7-3-4-9-6-8(2)11(12,13)14-10(9)5-7;1-7-3-4-9-6-8(2)13-11(12)10(9)5-7;1-7-3-4-9-6-8(2)11(12)13-10(9)5-7;1-8-3-4-10-5-9(2)7-12-11(10)6-8/h3-5,8H,6H2,1-2H3;2*3-5,8H,6H2,1-2H3;3-4,6,9H,5,7H2,1-2H3. The Morgan fingerprint density at radius 1 is 0.615 bits per heavy atom. The second-order valence-electron chi connectivity index (χ2n) is 14.8. The van der Waals surface area contributed by atoms with Crippen molar-refractivity contribution in [3.8, 4) is 17.2 Å². The molecule has 0 bridgehead atoms. The Kier molecular flexibility index (Phi) is 12.1. The average Bonchev–Trinajstić information content (AvgIpc) is 3.07. The van der Waals surface area contributed by atoms with E-state index in [1.54, 1.807) is 6.07 Å². The van der Waals surface area contributed by atoms with Crippen LogP contribution >= 0.6 is 0 Å². The number of cyclic esters (lactones) is 1. The van der Waals surface area contributed by atoms with Gasteiger partial charge in [-0.05, 0) is 123 Å². The van der Waals surface area contributed by atoms with Crippen molar-refractivity contribution in [1.82, 2.24) is 0 Å². The predicted molar refractivity (Wildman–Crippen MR) is 199 cm³/mol. The lowest BCUT2D eigenvalue weighted by Crippen LogP contribution is -2.37. The van der Waals surface area contributed by atoms with Gasteiger partial charge in [-0.2, -0.15) is 8.78 Å². The first kappa shape index (κ1) is 38.5. The summed E-state index contributed by atoms with van der Waals surface area (Å²) in [5.41, 5.74) is 9.65. The predicted octanol–water partition coefficient (Wildman–Crippen LogP) is 9.91. The van der Waals surface area contributed by atoms with Crippen LogP contribution < -0.4 is 14.2 Å². The summed E-state index contributed by atoms with van der Waals surface area (Å²) in [6.45, 7) is 16.3. The molecule has 4 aliphatic heterocycles. The lowest BCUT2D eigenvalue weighted by Gasteiger charge is -2.30. The quantitative estimate of drug-likeness (QED) is 0.134. The normalized spacial score (nSPS) is 21.7. The van der Waals surface area contributed by atoms with Crippen molar-refractivity contribution in [2.45, 2.75) is 93.3 Å². The van der Waals surface area contributed by atoms with E-state index >= 15 is 0 Å². The number of halogens is 2. The van der Waals surface area contributed by atoms with Crippen molar-refractivity contribution >= 4 is 11.9 Å². The van der Waals surface area contributed by atoms with E-state index in [-0.39, 0.29) is 24.0 Å². The number of fused-ring (bicyclic) bond motifs is 4. The van der Waals surface area contributed by atoms with Gasteiger partial charge in [-0.15, -0.1) is 0 Å². The molecular formula is C44H50F2O6. The fourth-order valence-electron chi connectivity index (χ4n) is 6.46. The summed E-state index contributed by atoms with van der Waals surface area (Å²) in [5, 5.41) is 0. The lowest BCUT2D eigenvalue weighted by atomic mass is 9.96. The van der Waals surface area contributed by atoms with Crippen molar-refractivity contribution in [3.63, 3.8) is 0 Å². The first-order valence-electron chi connectivity index (χ1n) is 18.1. The van der Waals surface area contributed by atoms with Crippen LogP contribution in [0.25, 0.3) is 0 Å². The van der Waals surface area contributed by atoms with Crippen LogP contribution in [0.4, 0.5) is 8.78 Å². The molecular weight excluding hydrogens is 662 g/mol. The maximum atomic E-state index is 13.2. The largest absolute Gasteiger partial charge is 0.493 e. The highest BCUT2D eigenvalue weighted by Crippen LogP contribution is 2.39. The smallest absolute Gasteiger partial charge is 0.400 e. The zero-order valence-electron chi connectivity index (χ0n) is 31.5. The van der Waals surface area contributed by atoms with Crippen molar-refractivity contribution in [3.05, 3.63) is 123 Å². The lowest BCUT2D eigenvalue weighted by molar-refractivity contribution is -0.219. The Labute approximate surface area is 306 Å². The minimum atomic E-state index is -3.03. The van der Waals surface area contributed by atoms with Crippen LogP contribution in [0.3, 0.4) is 0 Å². The number of esters is 2. The highest BCUT2D eigenvalue weighted by Gasteiger charge is 2.43. The van der Waals surface area contributed by atoms with E-state index in [0.29, 0.717) is 18.1 Å². The maximum absolute atomic E-state index is 13.2. The Morgan fingerprint density at radius 3 is 1.77 bits per heavy atom. The Hall–Kier alpha value is -4.72. The van der Waals surface area contributed by atoms with E-state index in [4.69, 9.17) is 14.2 Å². The van der Waals surface area contributed by atoms with Crippen LogP contribution in [0, 0.1) is 45.4 Å². The second kappa shape index (κ2) is 16.3. The molecule has 8 heteroatoms. The maximum Gasteiger partial charge on any atom is 0.400 e. The van der Waals surface area contributed by atoms with Gasteiger partial charge in [-0.1, -0.05) is 74.9 Å². The van der Waals surface area contributed by atoms with Crippen LogP contribution in [-0.4, -0.2) is 30.8 Å². The first-order valence-corrected chi connectivity index (χ1v) is 18.1. The zero-order chi connectivity index (χ0) is 37.7. The van der Waals surface area contributed by atoms with Crippen molar-refractivity contribution < 1.29 is 37.3 Å². The monoisotopic (exact) mass is 712 g/mol. The van der Waals surface area contributed by atoms with Crippen LogP contribution in [-0.2, 0) is 35.2 Å². The number of carbonyl (C=O) groups excluding carboxylic acids is 2. The molecule has 0 amide bonds. The molecule has 0 saturated carbocycles. The molecule has 276 valence electrons. The van der Waals surface area contributed by atoms with Crippen LogP contribution in [0.15, 0.2) is 72.8 Å². The molecule has 4 aromatic rings. The molecule has 52 heavy (non-hydrogen) atoms. The Morgan fingerprint density at radius 2 is 1.13 bits per heavy atom. The van der Waals surface area contributed by atoms with E-state index < -0.39 is 12.0 Å². The SMILES string of the molecule is Cc1ccc2c(c1)C(=O)OC(C)C2.Cc1ccc2c(c1)OC(=O)C(C)C2.Cc1ccc2c(c1)OC(F)(F)C(C)C2.Cc1ccc2c(c1)OCC(C)C2. The van der Waals surface area contributed by atoms with Crippen LogP contribution in [0.5, 0.6) is 17.2 Å². The number of ether oxygens (including phenoxy) is 4. The van der Waals surface area contributed by atoms with Crippen LogP contribution in [0.2, 0.25) is 0 Å². The first-order chi connectivity index (χ1) is 24.6. The third kappa shape index (κ3) is 9.78. The Balaban J connectivity index is 0.000000134. The number of carbonyl (C=O) groups is 2. The third-order valence-corrected chi connectivity index (χ3v) is 9.55. The number of aryl methyl sites for hydroxylation is 4. The van der Waals surface area contributed by atoms with Gasteiger partial charge in [-0.3, -0.25) is 4.79 Å². The highest BCUT2D eigenvalue weighted by molar-refractivity contribution is 5.92. The molecule has 0 radical (unpaired) electrons. The fourth-order valence-corrected chi connectivity index (χ4v) is 6.46. The average molecular weight is 713 g/mol. The fraction of sp³-hybridized carbons (Fsp3) is 0.409. The number of rotatable bonds is 0. The Bertz CT molecular complexity index is 1920. The molecule has 0 N–H and O–H groups in total. The molecule has 6 nitrogen and oxygen atoms in total. The van der Waals surface area contributed by atoms with Gasteiger partial charge in [0.05, 0.1) is 24.0 Å². The van der Waals surface area contributed by atoms with E-state index in [0.717, 1.165) is 76.3 Å². The van der Waals surface area contributed by atoms with E-state index in [1.807, 2.05) is 83.1 Å². The van der Waals surface area contributed by atoms with Gasteiger partial charge in [0.25, 0.3) is 0 Å². The summed E-state index contributed by atoms with van der Waals surface area (Å²) in [6, 6.07) is 23.8. The van der Waals surface area contributed by atoms with Crippen molar-refractivity contribution in [2.24, 2.45) is 17.8 Å². The molecule has 4 aromatic carbocycles. The van der Waals surface area contributed by atoms with E-state index in [9.17, 15) is 18.4 Å². The number of alkyl halides is 2. The van der Waals surface area contributed by atoms with Crippen molar-refractivity contribution in [1.29, 1.82) is 0 Å². The van der Waals surface area contributed by atoms with Gasteiger partial charge < -0.3 is 18.9 Å². The van der Waals surface area contributed by atoms with Gasteiger partial charge >= 0.3 is 18.0 Å². The minimum absolute atomic E-state index is 0.00444. The summed E-state index contributed by atoms with van der Waals surface area (Å²) in [5.74, 6) is 1.77. The summed E-state index contributed by atoms with van der Waals surface area (Å²) < 4.78 is 47.0. The summed E-state index contributed by atoms with van der Waals surface area (Å²) in [6.07, 6.45) is 0.164. The highest BCUT2D eigenvalue weighted by atomic mass is 19.3. The molecule has 4 heterocycles. The zero-order valence-corrected chi connectivity index (χ0v) is 31.5. The van der Waals surface area contributed by atoms with Gasteiger partial charge in [0, 0.05) is 6.42 Å². The van der Waals surface area contributed by atoms with Gasteiger partial charge in [0.15, 0.2) is 0 Å². The summed E-state index contributed by atoms with van der Waals surface area (Å²) in [7, 11) is 0. The molecule has 4 unspecified atom stereocenters. The summed E-state index contributed by atoms with van der Waals surface area (Å²) in [4.78, 5) is 22.7. The number of hydrogen-bond acceptors (Lipinski definition) is 6. The number of benzene rings is 4. The molecule has 0 saturated heterocycles. The van der Waals surface area contributed by atoms with Gasteiger partial charge in [-0.25, -0.2) is 4.79 Å². The molecule has 4 aliphatic rings. The molecule has 0 aliphatic carbocycles. The summed E-state index contributed by atoms with van der Waals surface area (Å²) >= 11 is 0. The molecule has 0 spiro atoms. The third-order valence-electron chi connectivity index (χ3n) is 9.55. The van der Waals surface area contributed by atoms with Gasteiger partial charge in [0.1, 0.15) is 23.4 Å². The van der Waals surface area contributed by atoms with E-state index in [2.05, 4.69) is 36.8 Å². The van der Waals surface area contributed by atoms with E-state index in [1.165, 1.54) is 18.1 Å². The number of hydrogen-bond donors (Lipinski definition) is 0. The molecule has 0 fully saturated rings. The minimum Gasteiger partial charge on any atom is -0.493 e. The molecule has 8 rings (SSSR count). The van der Waals surface area contributed by atoms with Crippen LogP contribution in [0.1, 0.15) is 82.6 Å². The van der Waals surface area contributed by atoms with Gasteiger partial charge in [0.2, 0.25) is 0 Å².